The number of nitrogens with zero attached hydrogens (tertiary/aromatic N) is 2. The molecule has 0 radical (unpaired) electrons. The third-order valence-electron chi connectivity index (χ3n) is 5.00. The quantitative estimate of drug-likeness (QED) is 0.575. The number of nitrogens with one attached hydrogen (secondary N) is 1. The van der Waals surface area contributed by atoms with Crippen molar-refractivity contribution in [3.05, 3.63) is 37.1 Å². The van der Waals surface area contributed by atoms with Crippen molar-refractivity contribution in [3.63, 3.8) is 0 Å². The van der Waals surface area contributed by atoms with E-state index >= 15 is 0 Å². The van der Waals surface area contributed by atoms with Gasteiger partial charge in [0.15, 0.2) is 6.29 Å². The molecule has 2 aromatic heterocycles. The molecule has 9 heteroatoms. The third kappa shape index (κ3) is 5.33. The van der Waals surface area contributed by atoms with Gasteiger partial charge in [-0.05, 0) is 54.0 Å². The summed E-state index contributed by atoms with van der Waals surface area (Å²) in [6, 6.07) is 0. The molecule has 2 aromatic rings. The molecule has 160 valence electrons. The molecule has 1 aliphatic heterocycles. The highest BCUT2D eigenvalue weighted by Crippen LogP contribution is 2.31. The lowest BCUT2D eigenvalue weighted by atomic mass is 9.98. The molecule has 2 N–H and O–H groups in total. The Balaban J connectivity index is 1.84. The molecule has 8 nitrogen and oxygen atoms in total. The smallest absolute Gasteiger partial charge is 0.329 e. The minimum atomic E-state index is -0.839. The van der Waals surface area contributed by atoms with Crippen LogP contribution in [0.1, 0.15) is 57.6 Å². The van der Waals surface area contributed by atoms with Crippen molar-refractivity contribution in [2.45, 2.75) is 64.9 Å². The number of halogens is 1. The number of aromatic amines is 1. The van der Waals surface area contributed by atoms with Gasteiger partial charge >= 0.3 is 5.69 Å². The number of fused-ring (bicyclic) bond motifs is 1. The van der Waals surface area contributed by atoms with Crippen LogP contribution >= 0.6 is 15.9 Å². The Morgan fingerprint density at radius 1 is 1.41 bits per heavy atom. The summed E-state index contributed by atoms with van der Waals surface area (Å²) in [5.41, 5.74) is -0.325. The van der Waals surface area contributed by atoms with Crippen LogP contribution in [0.15, 0.2) is 20.3 Å². The first-order valence-electron chi connectivity index (χ1n) is 10.1. The Morgan fingerprint density at radius 2 is 2.21 bits per heavy atom. The monoisotopic (exact) mass is 469 g/mol. The largest absolute Gasteiger partial charge is 0.388 e. The Morgan fingerprint density at radius 3 is 2.90 bits per heavy atom. The molecule has 29 heavy (non-hydrogen) atoms. The van der Waals surface area contributed by atoms with Crippen LogP contribution in [0, 0.1) is 5.92 Å². The zero-order valence-electron chi connectivity index (χ0n) is 16.8. The number of hydrogen-bond acceptors (Lipinski definition) is 6. The standard InChI is InChI=1S/C20H28BrN3O5/c1-12(2)10-14(25)16-13(21)11-22-18-17(16)19(26)24(20(27)23-18)7-5-9-29-15-6-3-4-8-28-15/h11-12,14-15,25H,3-10H2,1-2H3,(H,22,23,27). The van der Waals surface area contributed by atoms with Crippen molar-refractivity contribution in [1.82, 2.24) is 14.5 Å². The third-order valence-corrected chi connectivity index (χ3v) is 5.63. The average Bonchev–Trinajstić information content (AvgIpc) is 2.68. The van der Waals surface area contributed by atoms with Gasteiger partial charge in [-0.1, -0.05) is 13.8 Å². The second-order valence-corrected chi connectivity index (χ2v) is 8.65. The highest BCUT2D eigenvalue weighted by atomic mass is 79.9. The molecule has 0 spiro atoms. The molecule has 3 heterocycles. The molecule has 1 fully saturated rings. The van der Waals surface area contributed by atoms with Crippen LogP contribution in [0.3, 0.4) is 0 Å². The van der Waals surface area contributed by atoms with E-state index in [0.717, 1.165) is 23.8 Å². The lowest BCUT2D eigenvalue weighted by Crippen LogP contribution is -2.36. The van der Waals surface area contributed by atoms with Gasteiger partial charge in [0.2, 0.25) is 0 Å². The van der Waals surface area contributed by atoms with Crippen LogP contribution < -0.4 is 11.2 Å². The molecular weight excluding hydrogens is 442 g/mol. The molecular formula is C20H28BrN3O5. The van der Waals surface area contributed by atoms with E-state index in [2.05, 4.69) is 25.9 Å². The van der Waals surface area contributed by atoms with Gasteiger partial charge < -0.3 is 14.6 Å². The van der Waals surface area contributed by atoms with Crippen molar-refractivity contribution in [2.75, 3.05) is 13.2 Å². The fourth-order valence-corrected chi connectivity index (χ4v) is 4.15. The predicted molar refractivity (Wildman–Crippen MR) is 113 cm³/mol. The van der Waals surface area contributed by atoms with Gasteiger partial charge in [0.25, 0.3) is 5.56 Å². The molecule has 0 aliphatic carbocycles. The molecule has 1 saturated heterocycles. The minimum Gasteiger partial charge on any atom is -0.388 e. The zero-order chi connectivity index (χ0) is 21.0. The van der Waals surface area contributed by atoms with E-state index in [1.54, 1.807) is 0 Å². The Kier molecular flexibility index (Phi) is 7.61. The van der Waals surface area contributed by atoms with E-state index < -0.39 is 17.4 Å². The van der Waals surface area contributed by atoms with Gasteiger partial charge in [-0.25, -0.2) is 9.78 Å². The topological polar surface area (TPSA) is 106 Å². The second-order valence-electron chi connectivity index (χ2n) is 7.80. The predicted octanol–water partition coefficient (Wildman–Crippen LogP) is 2.86. The van der Waals surface area contributed by atoms with E-state index in [0.29, 0.717) is 36.1 Å². The van der Waals surface area contributed by atoms with E-state index in [-0.39, 0.29) is 29.8 Å². The molecule has 2 atom stereocenters. The van der Waals surface area contributed by atoms with Gasteiger partial charge in [0.05, 0.1) is 18.1 Å². The maximum absolute atomic E-state index is 13.1. The minimum absolute atomic E-state index is 0.184. The summed E-state index contributed by atoms with van der Waals surface area (Å²) in [6.45, 7) is 5.31. The summed E-state index contributed by atoms with van der Waals surface area (Å²) in [4.78, 5) is 32.4. The van der Waals surface area contributed by atoms with Crippen LogP contribution in [0.2, 0.25) is 0 Å². The maximum Gasteiger partial charge on any atom is 0.329 e. The van der Waals surface area contributed by atoms with Crippen molar-refractivity contribution < 1.29 is 14.6 Å². The van der Waals surface area contributed by atoms with E-state index in [1.807, 2.05) is 13.8 Å². The lowest BCUT2D eigenvalue weighted by molar-refractivity contribution is -0.163. The number of hydrogen-bond donors (Lipinski definition) is 2. The van der Waals surface area contributed by atoms with Crippen molar-refractivity contribution in [2.24, 2.45) is 5.92 Å². The second kappa shape index (κ2) is 9.97. The van der Waals surface area contributed by atoms with Crippen LogP contribution in [-0.4, -0.2) is 39.1 Å². The molecule has 0 bridgehead atoms. The summed E-state index contributed by atoms with van der Waals surface area (Å²) in [7, 11) is 0. The number of aromatic nitrogens is 3. The van der Waals surface area contributed by atoms with Gasteiger partial charge in [-0.2, -0.15) is 0 Å². The Bertz CT molecular complexity index is 950. The number of ether oxygens (including phenoxy) is 2. The van der Waals surface area contributed by atoms with Crippen LogP contribution in [0.5, 0.6) is 0 Å². The number of aliphatic hydroxyl groups is 1. The van der Waals surface area contributed by atoms with E-state index in [4.69, 9.17) is 9.47 Å². The lowest BCUT2D eigenvalue weighted by Gasteiger charge is -2.22. The molecule has 3 rings (SSSR count). The highest BCUT2D eigenvalue weighted by Gasteiger charge is 2.21. The van der Waals surface area contributed by atoms with Gasteiger partial charge in [0, 0.05) is 29.4 Å². The van der Waals surface area contributed by atoms with Crippen LogP contribution in [0.4, 0.5) is 0 Å². The summed E-state index contributed by atoms with van der Waals surface area (Å²) >= 11 is 3.40. The number of aliphatic hydroxyl groups excluding tert-OH is 1. The average molecular weight is 470 g/mol. The Labute approximate surface area is 177 Å². The van der Waals surface area contributed by atoms with Gasteiger partial charge in [-0.3, -0.25) is 14.3 Å². The first kappa shape index (κ1) is 22.1. The number of rotatable bonds is 8. The van der Waals surface area contributed by atoms with Crippen LogP contribution in [0.25, 0.3) is 11.0 Å². The number of H-pyrrole nitrogens is 1. The van der Waals surface area contributed by atoms with E-state index in [1.165, 1.54) is 6.20 Å². The first-order chi connectivity index (χ1) is 13.9. The van der Waals surface area contributed by atoms with Crippen molar-refractivity contribution >= 4 is 27.0 Å². The zero-order valence-corrected chi connectivity index (χ0v) is 18.4. The summed E-state index contributed by atoms with van der Waals surface area (Å²) in [5, 5.41) is 10.9. The molecule has 0 saturated carbocycles. The van der Waals surface area contributed by atoms with Crippen molar-refractivity contribution in [1.29, 1.82) is 0 Å². The molecule has 0 amide bonds. The normalized spacial score (nSPS) is 18.4. The van der Waals surface area contributed by atoms with Crippen LogP contribution in [-0.2, 0) is 16.0 Å². The Hall–Kier alpha value is -1.55. The SMILES string of the molecule is CC(C)CC(O)c1c(Br)cnc2[nH]c(=O)n(CCCOC3CCCCO3)c(=O)c12. The molecule has 2 unspecified atom stereocenters. The van der Waals surface area contributed by atoms with Gasteiger partial charge in [0.1, 0.15) is 5.65 Å². The molecule has 0 aromatic carbocycles. The van der Waals surface area contributed by atoms with Crippen molar-refractivity contribution in [3.8, 4) is 0 Å². The first-order valence-corrected chi connectivity index (χ1v) is 10.9. The maximum atomic E-state index is 13.1. The highest BCUT2D eigenvalue weighted by molar-refractivity contribution is 9.10. The number of pyridine rings is 1. The summed E-state index contributed by atoms with van der Waals surface area (Å²) in [5.74, 6) is 0.240. The summed E-state index contributed by atoms with van der Waals surface area (Å²) < 4.78 is 12.9. The van der Waals surface area contributed by atoms with Gasteiger partial charge in [-0.15, -0.1) is 0 Å². The summed E-state index contributed by atoms with van der Waals surface area (Å²) in [6.07, 6.45) is 4.45. The fraction of sp³-hybridized carbons (Fsp3) is 0.650. The fourth-order valence-electron chi connectivity index (χ4n) is 3.58. The molecule has 1 aliphatic rings. The van der Waals surface area contributed by atoms with E-state index in [9.17, 15) is 14.7 Å².